The molecule has 1 N–H and O–H groups in total. The quantitative estimate of drug-likeness (QED) is 0.676. The molecule has 2 aromatic rings. The second-order valence-corrected chi connectivity index (χ2v) is 7.67. The van der Waals surface area contributed by atoms with Gasteiger partial charge in [0.2, 0.25) is 0 Å². The van der Waals surface area contributed by atoms with Gasteiger partial charge in [0.1, 0.15) is 23.1 Å². The zero-order chi connectivity index (χ0) is 21.8. The van der Waals surface area contributed by atoms with Crippen LogP contribution in [0.5, 0.6) is 0 Å². The van der Waals surface area contributed by atoms with Crippen molar-refractivity contribution in [2.75, 3.05) is 0 Å². The average Bonchev–Trinajstić information content (AvgIpc) is 3.40. The number of halogens is 1. The summed E-state index contributed by atoms with van der Waals surface area (Å²) < 4.78 is 0.729. The highest BCUT2D eigenvalue weighted by atomic mass is 79.9. The van der Waals surface area contributed by atoms with E-state index in [0.29, 0.717) is 5.56 Å². The lowest BCUT2D eigenvalue weighted by Gasteiger charge is -2.18. The number of rotatable bonds is 5. The maximum Gasteiger partial charge on any atom is 0.177 e. The van der Waals surface area contributed by atoms with E-state index in [4.69, 9.17) is 0 Å². The van der Waals surface area contributed by atoms with Crippen LogP contribution in [0.4, 0.5) is 0 Å². The van der Waals surface area contributed by atoms with Crippen LogP contribution in [-0.4, -0.2) is 0 Å². The predicted octanol–water partition coefficient (Wildman–Crippen LogP) is 4.18. The Balaban J connectivity index is 2.19. The number of benzene rings is 2. The molecule has 2 atom stereocenters. The highest BCUT2D eigenvalue weighted by molar-refractivity contribution is 9.10. The second kappa shape index (κ2) is 8.11. The minimum absolute atomic E-state index is 0.00642. The third-order valence-corrected chi connectivity index (χ3v) is 5.79. The Morgan fingerprint density at radius 3 is 2.10 bits per heavy atom. The Morgan fingerprint density at radius 1 is 0.900 bits per heavy atom. The summed E-state index contributed by atoms with van der Waals surface area (Å²) in [7, 11) is 0. The summed E-state index contributed by atoms with van der Waals surface area (Å²) in [5.41, 5.74) is -2.26. The predicted molar refractivity (Wildman–Crippen MR) is 110 cm³/mol. The standard InChI is InChI=1S/C23H13BrN6/c24-19-8-4-7-17(9-19)20-22(13-27,14-28)23(20,15-29)21(18(10-25)11-26)30-12-16-5-2-1-3-6-16/h1-9,20,30H,12H2/t20-,23-/m1/s1. The monoisotopic (exact) mass is 452 g/mol. The molecule has 0 saturated heterocycles. The largest absolute Gasteiger partial charge is 0.381 e. The van der Waals surface area contributed by atoms with Crippen LogP contribution in [0.1, 0.15) is 17.0 Å². The van der Waals surface area contributed by atoms with Gasteiger partial charge in [0, 0.05) is 16.9 Å². The topological polar surface area (TPSA) is 131 Å². The molecule has 2 aromatic carbocycles. The first-order valence-corrected chi connectivity index (χ1v) is 9.66. The van der Waals surface area contributed by atoms with Crippen LogP contribution in [-0.2, 0) is 6.54 Å². The summed E-state index contributed by atoms with van der Waals surface area (Å²) in [5.74, 6) is -0.822. The van der Waals surface area contributed by atoms with Crippen molar-refractivity contribution in [3.8, 4) is 30.3 Å². The van der Waals surface area contributed by atoms with Crippen LogP contribution in [0, 0.1) is 67.5 Å². The first-order chi connectivity index (χ1) is 14.5. The summed E-state index contributed by atoms with van der Waals surface area (Å²) in [4.78, 5) is 0. The lowest BCUT2D eigenvalue weighted by atomic mass is 9.89. The number of hydrogen-bond donors (Lipinski definition) is 1. The van der Waals surface area contributed by atoms with E-state index in [9.17, 15) is 26.3 Å². The van der Waals surface area contributed by atoms with E-state index in [1.54, 1.807) is 24.3 Å². The van der Waals surface area contributed by atoms with Crippen molar-refractivity contribution >= 4 is 15.9 Å². The third-order valence-electron chi connectivity index (χ3n) is 5.30. The molecule has 7 heteroatoms. The summed E-state index contributed by atoms with van der Waals surface area (Å²) in [6.45, 7) is 0.227. The van der Waals surface area contributed by atoms with E-state index < -0.39 is 16.7 Å². The van der Waals surface area contributed by atoms with Crippen LogP contribution in [0.25, 0.3) is 0 Å². The fourth-order valence-electron chi connectivity index (χ4n) is 3.89. The van der Waals surface area contributed by atoms with Gasteiger partial charge in [0.05, 0.1) is 23.9 Å². The maximum absolute atomic E-state index is 10.2. The van der Waals surface area contributed by atoms with Crippen molar-refractivity contribution in [2.24, 2.45) is 10.8 Å². The van der Waals surface area contributed by atoms with Gasteiger partial charge in [-0.3, -0.25) is 0 Å². The van der Waals surface area contributed by atoms with Gasteiger partial charge in [0.15, 0.2) is 5.41 Å². The lowest BCUT2D eigenvalue weighted by Crippen LogP contribution is -2.26. The van der Waals surface area contributed by atoms with Gasteiger partial charge >= 0.3 is 0 Å². The first-order valence-electron chi connectivity index (χ1n) is 8.86. The molecule has 0 unspecified atom stereocenters. The molecule has 6 nitrogen and oxygen atoms in total. The number of hydrogen-bond acceptors (Lipinski definition) is 6. The number of allylic oxidation sites excluding steroid dienone is 2. The molecule has 1 fully saturated rings. The summed E-state index contributed by atoms with van der Waals surface area (Å²) >= 11 is 3.37. The fraction of sp³-hybridized carbons (Fsp3) is 0.174. The van der Waals surface area contributed by atoms with Crippen molar-refractivity contribution < 1.29 is 0 Å². The minimum atomic E-state index is -1.74. The zero-order valence-electron chi connectivity index (χ0n) is 15.6. The van der Waals surface area contributed by atoms with E-state index >= 15 is 0 Å². The highest BCUT2D eigenvalue weighted by Gasteiger charge is 2.82. The molecule has 0 aromatic heterocycles. The Kier molecular flexibility index (Phi) is 5.58. The average molecular weight is 453 g/mol. The molecule has 0 aliphatic heterocycles. The van der Waals surface area contributed by atoms with Crippen LogP contribution in [0.3, 0.4) is 0 Å². The molecule has 142 valence electrons. The van der Waals surface area contributed by atoms with E-state index in [-0.39, 0.29) is 17.8 Å². The van der Waals surface area contributed by atoms with Crippen LogP contribution in [0.15, 0.2) is 70.3 Å². The van der Waals surface area contributed by atoms with E-state index in [2.05, 4.69) is 27.3 Å². The number of nitriles is 5. The van der Waals surface area contributed by atoms with Crippen molar-refractivity contribution in [3.63, 3.8) is 0 Å². The SMILES string of the molecule is N#CC(C#N)=C(NCc1ccccc1)[C@@]1(C#N)[C@H](c2cccc(Br)c2)C1(C#N)C#N. The van der Waals surface area contributed by atoms with Gasteiger partial charge in [0.25, 0.3) is 0 Å². The molecular formula is C23H13BrN6. The van der Waals surface area contributed by atoms with Gasteiger partial charge in [-0.1, -0.05) is 58.4 Å². The molecule has 0 spiro atoms. The number of nitrogens with zero attached hydrogens (tertiary/aromatic N) is 5. The van der Waals surface area contributed by atoms with E-state index in [1.807, 2.05) is 54.6 Å². The van der Waals surface area contributed by atoms with Crippen molar-refractivity contribution in [1.29, 1.82) is 26.3 Å². The maximum atomic E-state index is 10.2. The van der Waals surface area contributed by atoms with E-state index in [1.165, 1.54) is 0 Å². The fourth-order valence-corrected chi connectivity index (χ4v) is 4.31. The molecule has 30 heavy (non-hydrogen) atoms. The van der Waals surface area contributed by atoms with Crippen molar-refractivity contribution in [3.05, 3.63) is 81.5 Å². The smallest absolute Gasteiger partial charge is 0.177 e. The highest BCUT2D eigenvalue weighted by Crippen LogP contribution is 2.76. The Labute approximate surface area is 182 Å². The molecule has 1 aliphatic rings. The van der Waals surface area contributed by atoms with Gasteiger partial charge < -0.3 is 5.32 Å². The van der Waals surface area contributed by atoms with Crippen molar-refractivity contribution in [1.82, 2.24) is 5.32 Å². The summed E-state index contributed by atoms with van der Waals surface area (Å²) in [5, 5.41) is 52.2. The normalized spacial score (nSPS) is 20.2. The zero-order valence-corrected chi connectivity index (χ0v) is 17.2. The van der Waals surface area contributed by atoms with Crippen LogP contribution >= 0.6 is 15.9 Å². The Hall–Kier alpha value is -4.09. The van der Waals surface area contributed by atoms with Gasteiger partial charge in [-0.05, 0) is 23.3 Å². The molecular weight excluding hydrogens is 440 g/mol. The summed E-state index contributed by atoms with van der Waals surface area (Å²) in [6, 6.07) is 26.0. The molecule has 0 amide bonds. The van der Waals surface area contributed by atoms with Crippen LogP contribution < -0.4 is 5.32 Å². The van der Waals surface area contributed by atoms with Gasteiger partial charge in [-0.2, -0.15) is 26.3 Å². The molecule has 0 bridgehead atoms. The first kappa shape index (κ1) is 20.6. The van der Waals surface area contributed by atoms with Gasteiger partial charge in [-0.15, -0.1) is 0 Å². The summed E-state index contributed by atoms with van der Waals surface area (Å²) in [6.07, 6.45) is 0. The molecule has 0 heterocycles. The van der Waals surface area contributed by atoms with Crippen molar-refractivity contribution in [2.45, 2.75) is 12.5 Å². The van der Waals surface area contributed by atoms with Crippen LogP contribution in [0.2, 0.25) is 0 Å². The number of nitrogens with one attached hydrogen (secondary N) is 1. The molecule has 1 saturated carbocycles. The van der Waals surface area contributed by atoms with Gasteiger partial charge in [-0.25, -0.2) is 0 Å². The third kappa shape index (κ3) is 2.98. The van der Waals surface area contributed by atoms with E-state index in [0.717, 1.165) is 10.0 Å². The Bertz CT molecular complexity index is 1200. The molecule has 1 aliphatic carbocycles. The second-order valence-electron chi connectivity index (χ2n) is 6.75. The Morgan fingerprint density at radius 2 is 1.57 bits per heavy atom. The molecule has 0 radical (unpaired) electrons. The molecule has 3 rings (SSSR count). The minimum Gasteiger partial charge on any atom is -0.381 e. The lowest BCUT2D eigenvalue weighted by molar-refractivity contribution is 0.592.